The molecule has 3 rings (SSSR count). The van der Waals surface area contributed by atoms with E-state index in [-0.39, 0.29) is 17.7 Å². The lowest BCUT2D eigenvalue weighted by Gasteiger charge is -2.26. The first-order valence-corrected chi connectivity index (χ1v) is 8.80. The van der Waals surface area contributed by atoms with E-state index >= 15 is 0 Å². The molecule has 0 N–H and O–H groups in total. The minimum atomic E-state index is -0.480. The number of ether oxygens (including phenoxy) is 1. The Hall–Kier alpha value is -2.44. The summed E-state index contributed by atoms with van der Waals surface area (Å²) >= 11 is 5.93. The van der Waals surface area contributed by atoms with E-state index in [1.54, 1.807) is 17.0 Å². The fourth-order valence-electron chi connectivity index (χ4n) is 2.97. The Balaban J connectivity index is 1.79. The minimum absolute atomic E-state index is 0.0179. The van der Waals surface area contributed by atoms with E-state index < -0.39 is 4.92 Å². The van der Waals surface area contributed by atoms with Gasteiger partial charge in [0.15, 0.2) is 0 Å². The van der Waals surface area contributed by atoms with Crippen LogP contribution in [0.4, 0.5) is 5.69 Å². The van der Waals surface area contributed by atoms with Crippen molar-refractivity contribution in [1.82, 2.24) is 4.90 Å². The van der Waals surface area contributed by atoms with Crippen molar-refractivity contribution in [3.63, 3.8) is 0 Å². The number of carbonyl (C=O) groups excluding carboxylic acids is 1. The highest BCUT2D eigenvalue weighted by Gasteiger charge is 2.24. The molecule has 2 aromatic carbocycles. The second kappa shape index (κ2) is 8.29. The van der Waals surface area contributed by atoms with Gasteiger partial charge in [-0.2, -0.15) is 0 Å². The van der Waals surface area contributed by atoms with Crippen molar-refractivity contribution < 1.29 is 14.5 Å². The topological polar surface area (TPSA) is 72.7 Å². The van der Waals surface area contributed by atoms with Gasteiger partial charge in [0, 0.05) is 42.4 Å². The number of nitro groups is 1. The number of hydrogen-bond donors (Lipinski definition) is 0. The van der Waals surface area contributed by atoms with E-state index in [2.05, 4.69) is 0 Å². The van der Waals surface area contributed by atoms with Crippen molar-refractivity contribution in [3.8, 4) is 0 Å². The highest BCUT2D eigenvalue weighted by molar-refractivity contribution is 6.30. The van der Waals surface area contributed by atoms with Gasteiger partial charge in [-0.15, -0.1) is 0 Å². The van der Waals surface area contributed by atoms with Gasteiger partial charge in [0.2, 0.25) is 0 Å². The van der Waals surface area contributed by atoms with Gasteiger partial charge in [-0.05, 0) is 42.7 Å². The molecule has 0 unspecified atom stereocenters. The first-order valence-electron chi connectivity index (χ1n) is 8.43. The largest absolute Gasteiger partial charge is 0.376 e. The summed E-state index contributed by atoms with van der Waals surface area (Å²) in [5.41, 5.74) is 1.34. The molecule has 1 amide bonds. The molecule has 0 aliphatic carbocycles. The normalized spacial score (nSPS) is 16.4. The van der Waals surface area contributed by atoms with Crippen molar-refractivity contribution >= 4 is 23.2 Å². The van der Waals surface area contributed by atoms with E-state index in [0.29, 0.717) is 30.3 Å². The molecular formula is C19H19ClN2O4. The summed E-state index contributed by atoms with van der Waals surface area (Å²) in [6, 6.07) is 13.0. The van der Waals surface area contributed by atoms with Crippen LogP contribution in [0.25, 0.3) is 0 Å². The molecule has 6 nitrogen and oxygen atoms in total. The van der Waals surface area contributed by atoms with Crippen LogP contribution >= 0.6 is 11.6 Å². The summed E-state index contributed by atoms with van der Waals surface area (Å²) in [6.07, 6.45) is 1.93. The Bertz CT molecular complexity index is 771. The van der Waals surface area contributed by atoms with E-state index in [1.165, 1.54) is 24.3 Å². The molecule has 1 fully saturated rings. The molecule has 2 aromatic rings. The molecule has 0 saturated carbocycles. The summed E-state index contributed by atoms with van der Waals surface area (Å²) in [7, 11) is 0. The quantitative estimate of drug-likeness (QED) is 0.564. The van der Waals surface area contributed by atoms with Gasteiger partial charge < -0.3 is 9.64 Å². The minimum Gasteiger partial charge on any atom is -0.376 e. The molecular weight excluding hydrogens is 356 g/mol. The Morgan fingerprint density at radius 2 is 1.88 bits per heavy atom. The number of benzene rings is 2. The van der Waals surface area contributed by atoms with Gasteiger partial charge in [-0.3, -0.25) is 14.9 Å². The molecule has 0 aromatic heterocycles. The van der Waals surface area contributed by atoms with Crippen LogP contribution < -0.4 is 0 Å². The molecule has 1 atom stereocenters. The lowest BCUT2D eigenvalue weighted by Crippen LogP contribution is -2.37. The van der Waals surface area contributed by atoms with E-state index in [0.717, 1.165) is 18.4 Å². The number of hydrogen-bond acceptors (Lipinski definition) is 4. The van der Waals surface area contributed by atoms with Crippen LogP contribution in [0, 0.1) is 10.1 Å². The standard InChI is InChI=1S/C19H19ClN2O4/c20-16-7-3-14(4-8-16)12-21(13-18-2-1-11-26-18)19(23)15-5-9-17(10-6-15)22(24)25/h3-10,18H,1-2,11-13H2/t18-/m1/s1. The van der Waals surface area contributed by atoms with E-state index in [1.807, 2.05) is 12.1 Å². The van der Waals surface area contributed by atoms with Gasteiger partial charge in [-0.1, -0.05) is 23.7 Å². The van der Waals surface area contributed by atoms with Crippen LogP contribution in [-0.4, -0.2) is 35.0 Å². The summed E-state index contributed by atoms with van der Waals surface area (Å²) < 4.78 is 5.67. The summed E-state index contributed by atoms with van der Waals surface area (Å²) in [5, 5.41) is 11.4. The van der Waals surface area contributed by atoms with Crippen molar-refractivity contribution in [2.24, 2.45) is 0 Å². The molecule has 1 aliphatic heterocycles. The third-order valence-corrected chi connectivity index (χ3v) is 4.60. The molecule has 0 radical (unpaired) electrons. The highest BCUT2D eigenvalue weighted by atomic mass is 35.5. The fourth-order valence-corrected chi connectivity index (χ4v) is 3.10. The average Bonchev–Trinajstić information content (AvgIpc) is 3.15. The van der Waals surface area contributed by atoms with Gasteiger partial charge >= 0.3 is 0 Å². The zero-order chi connectivity index (χ0) is 18.5. The molecule has 7 heteroatoms. The number of nitro benzene ring substituents is 1. The number of carbonyl (C=O) groups is 1. The average molecular weight is 375 g/mol. The molecule has 1 aliphatic rings. The fraction of sp³-hybridized carbons (Fsp3) is 0.316. The van der Waals surface area contributed by atoms with Gasteiger partial charge in [0.05, 0.1) is 11.0 Å². The van der Waals surface area contributed by atoms with Crippen LogP contribution in [0.1, 0.15) is 28.8 Å². The maximum atomic E-state index is 13.0. The molecule has 136 valence electrons. The maximum absolute atomic E-state index is 13.0. The zero-order valence-corrected chi connectivity index (χ0v) is 14.9. The molecule has 1 heterocycles. The summed E-state index contributed by atoms with van der Waals surface area (Å²) in [6.45, 7) is 1.62. The monoisotopic (exact) mass is 374 g/mol. The second-order valence-corrected chi connectivity index (χ2v) is 6.69. The first-order chi connectivity index (χ1) is 12.5. The number of amides is 1. The smallest absolute Gasteiger partial charge is 0.269 e. The highest BCUT2D eigenvalue weighted by Crippen LogP contribution is 2.19. The van der Waals surface area contributed by atoms with Crippen LogP contribution in [0.5, 0.6) is 0 Å². The number of non-ortho nitro benzene ring substituents is 1. The number of rotatable bonds is 6. The third-order valence-electron chi connectivity index (χ3n) is 4.35. The molecule has 1 saturated heterocycles. The Morgan fingerprint density at radius 1 is 1.19 bits per heavy atom. The molecule has 0 bridgehead atoms. The van der Waals surface area contributed by atoms with Gasteiger partial charge in [-0.25, -0.2) is 0 Å². The second-order valence-electron chi connectivity index (χ2n) is 6.25. The lowest BCUT2D eigenvalue weighted by atomic mass is 10.1. The summed E-state index contributed by atoms with van der Waals surface area (Å²) in [4.78, 5) is 25.0. The first kappa shape index (κ1) is 18.4. The SMILES string of the molecule is O=C(c1ccc([N+](=O)[O-])cc1)N(Cc1ccc(Cl)cc1)C[C@H]1CCCO1. The van der Waals surface area contributed by atoms with Gasteiger partial charge in [0.25, 0.3) is 11.6 Å². The van der Waals surface area contributed by atoms with Crippen molar-refractivity contribution in [2.45, 2.75) is 25.5 Å². The van der Waals surface area contributed by atoms with Crippen LogP contribution in [-0.2, 0) is 11.3 Å². The Morgan fingerprint density at radius 3 is 2.46 bits per heavy atom. The van der Waals surface area contributed by atoms with Crippen molar-refractivity contribution in [3.05, 3.63) is 74.8 Å². The van der Waals surface area contributed by atoms with E-state index in [4.69, 9.17) is 16.3 Å². The van der Waals surface area contributed by atoms with E-state index in [9.17, 15) is 14.9 Å². The van der Waals surface area contributed by atoms with Crippen LogP contribution in [0.3, 0.4) is 0 Å². The lowest BCUT2D eigenvalue weighted by molar-refractivity contribution is -0.384. The number of nitrogens with zero attached hydrogens (tertiary/aromatic N) is 2. The summed E-state index contributed by atoms with van der Waals surface area (Å²) in [5.74, 6) is -0.176. The Kier molecular flexibility index (Phi) is 5.85. The number of halogens is 1. The maximum Gasteiger partial charge on any atom is 0.269 e. The van der Waals surface area contributed by atoms with Gasteiger partial charge in [0.1, 0.15) is 0 Å². The van der Waals surface area contributed by atoms with Crippen molar-refractivity contribution in [2.75, 3.05) is 13.2 Å². The third kappa shape index (κ3) is 4.59. The Labute approximate surface area is 156 Å². The molecule has 0 spiro atoms. The predicted octanol–water partition coefficient (Wildman–Crippen LogP) is 4.07. The van der Waals surface area contributed by atoms with Crippen LogP contribution in [0.15, 0.2) is 48.5 Å². The van der Waals surface area contributed by atoms with Crippen molar-refractivity contribution in [1.29, 1.82) is 0 Å². The van der Waals surface area contributed by atoms with Crippen LogP contribution in [0.2, 0.25) is 5.02 Å². The predicted molar refractivity (Wildman–Crippen MR) is 98.3 cm³/mol. The zero-order valence-electron chi connectivity index (χ0n) is 14.1. The molecule has 26 heavy (non-hydrogen) atoms.